The van der Waals surface area contributed by atoms with Crippen molar-refractivity contribution < 1.29 is 4.74 Å². The summed E-state index contributed by atoms with van der Waals surface area (Å²) in [5.41, 5.74) is 0.297. The Hall–Kier alpha value is -0.120. The van der Waals surface area contributed by atoms with Gasteiger partial charge in [0.25, 0.3) is 0 Å². The fourth-order valence-corrected chi connectivity index (χ4v) is 2.52. The number of ether oxygens (including phenoxy) is 1. The number of nitrogens with one attached hydrogen (secondary N) is 1. The summed E-state index contributed by atoms with van der Waals surface area (Å²) < 4.78 is 5.76. The summed E-state index contributed by atoms with van der Waals surface area (Å²) in [5.74, 6) is 0. The average Bonchev–Trinajstić information content (AvgIpc) is 2.13. The lowest BCUT2D eigenvalue weighted by Gasteiger charge is -2.41. The number of rotatable bonds is 4. The molecule has 0 aromatic rings. The van der Waals surface area contributed by atoms with Gasteiger partial charge in [-0.1, -0.05) is 13.8 Å². The summed E-state index contributed by atoms with van der Waals surface area (Å²) in [6.07, 6.45) is 0.730. The van der Waals surface area contributed by atoms with Crippen LogP contribution in [0.5, 0.6) is 0 Å². The van der Waals surface area contributed by atoms with Gasteiger partial charge in [0.15, 0.2) is 0 Å². The van der Waals surface area contributed by atoms with Crippen LogP contribution in [0, 0.1) is 5.41 Å². The molecule has 1 aliphatic heterocycles. The van der Waals surface area contributed by atoms with Gasteiger partial charge in [-0.3, -0.25) is 4.90 Å². The molecule has 0 spiro atoms. The first kappa shape index (κ1) is 13.9. The Bertz CT molecular complexity index is 208. The van der Waals surface area contributed by atoms with Gasteiger partial charge < -0.3 is 10.1 Å². The third-order valence-corrected chi connectivity index (χ3v) is 3.73. The Morgan fingerprint density at radius 1 is 1.31 bits per heavy atom. The topological polar surface area (TPSA) is 24.5 Å². The van der Waals surface area contributed by atoms with E-state index in [0.717, 1.165) is 19.6 Å². The van der Waals surface area contributed by atoms with Crippen molar-refractivity contribution in [1.29, 1.82) is 0 Å². The maximum atomic E-state index is 5.76. The third-order valence-electron chi connectivity index (χ3n) is 3.73. The highest BCUT2D eigenvalue weighted by atomic mass is 16.5. The molecular weight excluding hydrogens is 200 g/mol. The number of nitrogens with zero attached hydrogens (tertiary/aromatic N) is 1. The molecule has 1 saturated heterocycles. The lowest BCUT2D eigenvalue weighted by molar-refractivity contribution is -0.0773. The van der Waals surface area contributed by atoms with E-state index in [9.17, 15) is 0 Å². The second-order valence-electron chi connectivity index (χ2n) is 5.95. The smallest absolute Gasteiger partial charge is 0.0678 e. The van der Waals surface area contributed by atoms with Crippen molar-refractivity contribution in [2.75, 3.05) is 26.7 Å². The molecule has 0 saturated carbocycles. The third kappa shape index (κ3) is 3.72. The van der Waals surface area contributed by atoms with E-state index in [1.807, 2.05) is 7.05 Å². The molecule has 1 aliphatic rings. The number of morpholine rings is 1. The van der Waals surface area contributed by atoms with Crippen LogP contribution < -0.4 is 5.32 Å². The standard InChI is InChI=1S/C13H28N2O/c1-10-7-15(8-11(2)16-10)9-13(4,5)12(3)14-6/h10-12,14H,7-9H2,1-6H3/t10-,11+,12?. The first-order valence-corrected chi connectivity index (χ1v) is 6.40. The van der Waals surface area contributed by atoms with E-state index in [1.165, 1.54) is 0 Å². The van der Waals surface area contributed by atoms with Crippen molar-refractivity contribution in [2.45, 2.75) is 52.9 Å². The normalized spacial score (nSPS) is 30.4. The van der Waals surface area contributed by atoms with Crippen molar-refractivity contribution in [3.8, 4) is 0 Å². The van der Waals surface area contributed by atoms with E-state index in [-0.39, 0.29) is 0 Å². The van der Waals surface area contributed by atoms with Crippen molar-refractivity contribution in [2.24, 2.45) is 5.41 Å². The molecule has 0 aromatic carbocycles. The quantitative estimate of drug-likeness (QED) is 0.793. The zero-order valence-corrected chi connectivity index (χ0v) is 11.7. The molecule has 0 aliphatic carbocycles. The molecule has 0 amide bonds. The van der Waals surface area contributed by atoms with Gasteiger partial charge in [0, 0.05) is 25.7 Å². The van der Waals surface area contributed by atoms with E-state index >= 15 is 0 Å². The maximum absolute atomic E-state index is 5.76. The van der Waals surface area contributed by atoms with Crippen LogP contribution >= 0.6 is 0 Å². The SMILES string of the molecule is CNC(C)C(C)(C)CN1C[C@@H](C)O[C@@H](C)C1. The van der Waals surface area contributed by atoms with Gasteiger partial charge in [-0.05, 0) is 33.2 Å². The van der Waals surface area contributed by atoms with Crippen molar-refractivity contribution in [3.63, 3.8) is 0 Å². The minimum atomic E-state index is 0.297. The highest BCUT2D eigenvalue weighted by molar-refractivity contribution is 4.85. The molecule has 1 fully saturated rings. The highest BCUT2D eigenvalue weighted by Crippen LogP contribution is 2.24. The van der Waals surface area contributed by atoms with Crippen molar-refractivity contribution in [3.05, 3.63) is 0 Å². The Labute approximate surface area is 101 Å². The number of hydrogen-bond acceptors (Lipinski definition) is 3. The molecule has 3 nitrogen and oxygen atoms in total. The largest absolute Gasteiger partial charge is 0.373 e. The molecule has 3 heteroatoms. The van der Waals surface area contributed by atoms with Crippen LogP contribution in [-0.2, 0) is 4.74 Å². The lowest BCUT2D eigenvalue weighted by atomic mass is 9.84. The van der Waals surface area contributed by atoms with Crippen LogP contribution in [0.25, 0.3) is 0 Å². The monoisotopic (exact) mass is 228 g/mol. The molecule has 0 radical (unpaired) electrons. The first-order chi connectivity index (χ1) is 7.35. The van der Waals surface area contributed by atoms with Gasteiger partial charge >= 0.3 is 0 Å². The van der Waals surface area contributed by atoms with Crippen LogP contribution in [0.2, 0.25) is 0 Å². The molecule has 1 unspecified atom stereocenters. The first-order valence-electron chi connectivity index (χ1n) is 6.40. The van der Waals surface area contributed by atoms with Crippen LogP contribution in [0.4, 0.5) is 0 Å². The Morgan fingerprint density at radius 2 is 1.81 bits per heavy atom. The van der Waals surface area contributed by atoms with E-state index in [4.69, 9.17) is 4.74 Å². The predicted molar refractivity (Wildman–Crippen MR) is 68.8 cm³/mol. The molecule has 1 N–H and O–H groups in total. The fourth-order valence-electron chi connectivity index (χ4n) is 2.52. The molecular formula is C13H28N2O. The predicted octanol–water partition coefficient (Wildman–Crippen LogP) is 1.73. The van der Waals surface area contributed by atoms with Gasteiger partial charge in [0.1, 0.15) is 0 Å². The molecule has 0 aromatic heterocycles. The van der Waals surface area contributed by atoms with Crippen molar-refractivity contribution in [1.82, 2.24) is 10.2 Å². The molecule has 16 heavy (non-hydrogen) atoms. The average molecular weight is 228 g/mol. The minimum Gasteiger partial charge on any atom is -0.373 e. The second-order valence-corrected chi connectivity index (χ2v) is 5.95. The molecule has 3 atom stereocenters. The number of hydrogen-bond donors (Lipinski definition) is 1. The Kier molecular flexibility index (Phi) is 4.77. The van der Waals surface area contributed by atoms with E-state index in [2.05, 4.69) is 44.8 Å². The van der Waals surface area contributed by atoms with E-state index in [0.29, 0.717) is 23.7 Å². The van der Waals surface area contributed by atoms with Gasteiger partial charge in [-0.2, -0.15) is 0 Å². The summed E-state index contributed by atoms with van der Waals surface area (Å²) in [5, 5.41) is 3.36. The zero-order chi connectivity index (χ0) is 12.3. The maximum Gasteiger partial charge on any atom is 0.0678 e. The summed E-state index contributed by atoms with van der Waals surface area (Å²) in [7, 11) is 2.04. The van der Waals surface area contributed by atoms with E-state index < -0.39 is 0 Å². The summed E-state index contributed by atoms with van der Waals surface area (Å²) in [6, 6.07) is 0.529. The fraction of sp³-hybridized carbons (Fsp3) is 1.00. The molecule has 1 rings (SSSR count). The molecule has 96 valence electrons. The molecule has 0 bridgehead atoms. The van der Waals surface area contributed by atoms with Gasteiger partial charge in [-0.15, -0.1) is 0 Å². The van der Waals surface area contributed by atoms with Gasteiger partial charge in [0.05, 0.1) is 12.2 Å². The Morgan fingerprint density at radius 3 is 2.25 bits per heavy atom. The van der Waals surface area contributed by atoms with Gasteiger partial charge in [0.2, 0.25) is 0 Å². The van der Waals surface area contributed by atoms with Crippen LogP contribution in [-0.4, -0.2) is 49.8 Å². The van der Waals surface area contributed by atoms with Crippen LogP contribution in [0.15, 0.2) is 0 Å². The summed E-state index contributed by atoms with van der Waals surface area (Å²) >= 11 is 0. The highest BCUT2D eigenvalue weighted by Gasteiger charge is 2.30. The van der Waals surface area contributed by atoms with Crippen molar-refractivity contribution >= 4 is 0 Å². The van der Waals surface area contributed by atoms with Crippen LogP contribution in [0.3, 0.4) is 0 Å². The lowest BCUT2D eigenvalue weighted by Crippen LogP contribution is -2.52. The van der Waals surface area contributed by atoms with Crippen LogP contribution in [0.1, 0.15) is 34.6 Å². The molecule has 1 heterocycles. The van der Waals surface area contributed by atoms with Gasteiger partial charge in [-0.25, -0.2) is 0 Å². The van der Waals surface area contributed by atoms with E-state index in [1.54, 1.807) is 0 Å². The Balaban J connectivity index is 2.52. The summed E-state index contributed by atoms with van der Waals surface area (Å²) in [4.78, 5) is 2.53. The summed E-state index contributed by atoms with van der Waals surface area (Å²) in [6.45, 7) is 14.5. The minimum absolute atomic E-state index is 0.297. The second kappa shape index (κ2) is 5.48. The zero-order valence-electron chi connectivity index (χ0n) is 11.7.